The average molecular weight is 256 g/mol. The van der Waals surface area contributed by atoms with Gasteiger partial charge in [-0.15, -0.1) is 0 Å². The number of hydrogen-bond acceptors (Lipinski definition) is 2. The number of benzene rings is 1. The topological polar surface area (TPSA) is 29.5 Å². The van der Waals surface area contributed by atoms with Gasteiger partial charge >= 0.3 is 0 Å². The van der Waals surface area contributed by atoms with Crippen molar-refractivity contribution in [3.8, 4) is 41.3 Å². The van der Waals surface area contributed by atoms with Crippen LogP contribution in [0.1, 0.15) is 12.8 Å². The predicted molar refractivity (Wildman–Crippen MR) is 71.5 cm³/mol. The van der Waals surface area contributed by atoms with Gasteiger partial charge in [0.05, 0.1) is 12.8 Å². The van der Waals surface area contributed by atoms with Gasteiger partial charge in [0.15, 0.2) is 0 Å². The van der Waals surface area contributed by atoms with Crippen LogP contribution in [-0.2, 0) is 0 Å². The van der Waals surface area contributed by atoms with E-state index in [4.69, 9.17) is 9.84 Å². The van der Waals surface area contributed by atoms with E-state index in [0.29, 0.717) is 18.6 Å². The van der Waals surface area contributed by atoms with Gasteiger partial charge in [0.2, 0.25) is 0 Å². The summed E-state index contributed by atoms with van der Waals surface area (Å²) < 4.78 is 18.0. The van der Waals surface area contributed by atoms with Gasteiger partial charge in [0.1, 0.15) is 24.8 Å². The molecule has 0 atom stereocenters. The van der Waals surface area contributed by atoms with E-state index in [-0.39, 0.29) is 19.0 Å². The fraction of sp³-hybridized carbons (Fsp3) is 0.250. The Balaban J connectivity index is 2.21. The molecule has 0 spiro atoms. The summed E-state index contributed by atoms with van der Waals surface area (Å²) in [6.07, 6.45) is 0.870. The van der Waals surface area contributed by atoms with Crippen LogP contribution >= 0.6 is 0 Å². The normalized spacial score (nSPS) is 8.11. The fourth-order valence-corrected chi connectivity index (χ4v) is 1.12. The largest absolute Gasteiger partial charge is 0.481 e. The molecule has 1 aromatic carbocycles. The van der Waals surface area contributed by atoms with Crippen LogP contribution in [0.3, 0.4) is 0 Å². The molecule has 96 valence electrons. The Labute approximate surface area is 112 Å². The Bertz CT molecular complexity index is 574. The van der Waals surface area contributed by atoms with E-state index in [1.807, 2.05) is 0 Å². The third kappa shape index (κ3) is 7.50. The summed E-state index contributed by atoms with van der Waals surface area (Å²) in [6, 6.07) is 5.91. The summed E-state index contributed by atoms with van der Waals surface area (Å²) in [7, 11) is 0. The van der Waals surface area contributed by atoms with Crippen LogP contribution in [0.2, 0.25) is 0 Å². The average Bonchev–Trinajstić information content (AvgIpc) is 2.41. The molecule has 0 aliphatic rings. The minimum atomic E-state index is -0.333. The monoisotopic (exact) mass is 256 g/mol. The van der Waals surface area contributed by atoms with Crippen molar-refractivity contribution in [3.63, 3.8) is 0 Å². The third-order valence-electron chi connectivity index (χ3n) is 1.91. The highest BCUT2D eigenvalue weighted by molar-refractivity contribution is 5.23. The van der Waals surface area contributed by atoms with Crippen molar-refractivity contribution in [2.24, 2.45) is 0 Å². The van der Waals surface area contributed by atoms with E-state index < -0.39 is 0 Å². The number of ether oxygens (including phenoxy) is 1. The van der Waals surface area contributed by atoms with E-state index >= 15 is 0 Å². The maximum absolute atomic E-state index is 12.8. The number of halogens is 1. The number of rotatable bonds is 2. The van der Waals surface area contributed by atoms with Crippen LogP contribution in [0.25, 0.3) is 0 Å². The molecular weight excluding hydrogens is 243 g/mol. The van der Waals surface area contributed by atoms with Gasteiger partial charge in [0.25, 0.3) is 0 Å². The van der Waals surface area contributed by atoms with Crippen molar-refractivity contribution in [3.05, 3.63) is 30.1 Å². The molecule has 0 aliphatic carbocycles. The minimum absolute atomic E-state index is 0.140. The molecule has 0 aromatic heterocycles. The zero-order valence-corrected chi connectivity index (χ0v) is 10.4. The molecule has 0 bridgehead atoms. The molecule has 0 amide bonds. The molecule has 0 fully saturated rings. The smallest absolute Gasteiger partial charge is 0.149 e. The first-order chi connectivity index (χ1) is 9.33. The van der Waals surface area contributed by atoms with Crippen molar-refractivity contribution in [2.75, 3.05) is 13.2 Å². The minimum Gasteiger partial charge on any atom is -0.481 e. The van der Waals surface area contributed by atoms with Gasteiger partial charge in [-0.25, -0.2) is 4.39 Å². The molecule has 0 saturated heterocycles. The Morgan fingerprint density at radius 2 is 1.68 bits per heavy atom. The van der Waals surface area contributed by atoms with Crippen molar-refractivity contribution >= 4 is 0 Å². The lowest BCUT2D eigenvalue weighted by Gasteiger charge is -2.00. The lowest BCUT2D eigenvalue weighted by Crippen LogP contribution is -1.93. The van der Waals surface area contributed by atoms with Gasteiger partial charge < -0.3 is 9.84 Å². The zero-order chi connectivity index (χ0) is 13.8. The predicted octanol–water partition coefficient (Wildman–Crippen LogP) is 1.99. The zero-order valence-electron chi connectivity index (χ0n) is 10.4. The van der Waals surface area contributed by atoms with E-state index in [0.717, 1.165) is 0 Å². The summed E-state index contributed by atoms with van der Waals surface area (Å²) in [5.74, 6) is 16.5. The van der Waals surface area contributed by atoms with Crippen LogP contribution in [-0.4, -0.2) is 18.3 Å². The first-order valence-electron chi connectivity index (χ1n) is 5.69. The Hall–Kier alpha value is -2.41. The Morgan fingerprint density at radius 1 is 1.00 bits per heavy atom. The molecule has 19 heavy (non-hydrogen) atoms. The van der Waals surface area contributed by atoms with E-state index in [1.54, 1.807) is 12.1 Å². The summed E-state index contributed by atoms with van der Waals surface area (Å²) in [4.78, 5) is 0. The van der Waals surface area contributed by atoms with E-state index in [9.17, 15) is 4.39 Å². The second-order valence-corrected chi connectivity index (χ2v) is 3.32. The molecule has 3 heteroatoms. The van der Waals surface area contributed by atoms with Crippen LogP contribution in [0, 0.1) is 41.3 Å². The maximum atomic E-state index is 12.8. The Kier molecular flexibility index (Phi) is 7.40. The highest BCUT2D eigenvalue weighted by Gasteiger charge is 1.93. The summed E-state index contributed by atoms with van der Waals surface area (Å²) in [5.41, 5.74) is 0. The second-order valence-electron chi connectivity index (χ2n) is 3.32. The number of aliphatic hydroxyl groups is 1. The lowest BCUT2D eigenvalue weighted by molar-refractivity contribution is 0.350. The van der Waals surface area contributed by atoms with E-state index in [2.05, 4.69) is 35.5 Å². The van der Waals surface area contributed by atoms with E-state index in [1.165, 1.54) is 12.1 Å². The molecular formula is C16H13FO2. The highest BCUT2D eigenvalue weighted by Crippen LogP contribution is 2.11. The molecule has 0 aliphatic heterocycles. The first-order valence-corrected chi connectivity index (χ1v) is 5.69. The molecule has 0 unspecified atom stereocenters. The molecule has 0 saturated carbocycles. The quantitative estimate of drug-likeness (QED) is 0.820. The van der Waals surface area contributed by atoms with Crippen LogP contribution in [0.5, 0.6) is 5.75 Å². The second kappa shape index (κ2) is 9.60. The molecule has 2 nitrogen and oxygen atoms in total. The third-order valence-corrected chi connectivity index (χ3v) is 1.91. The van der Waals surface area contributed by atoms with Gasteiger partial charge in [0, 0.05) is 6.07 Å². The van der Waals surface area contributed by atoms with Gasteiger partial charge in [-0.3, -0.25) is 0 Å². The maximum Gasteiger partial charge on any atom is 0.149 e. The van der Waals surface area contributed by atoms with Crippen molar-refractivity contribution in [1.82, 2.24) is 0 Å². The lowest BCUT2D eigenvalue weighted by atomic mass is 10.3. The summed E-state index contributed by atoms with van der Waals surface area (Å²) in [6.45, 7) is 0.0638. The van der Waals surface area contributed by atoms with Crippen LogP contribution < -0.4 is 4.74 Å². The summed E-state index contributed by atoms with van der Waals surface area (Å²) in [5, 5.41) is 8.40. The molecule has 0 heterocycles. The number of hydrogen-bond donors (Lipinski definition) is 1. The van der Waals surface area contributed by atoms with Crippen molar-refractivity contribution in [2.45, 2.75) is 12.8 Å². The van der Waals surface area contributed by atoms with Gasteiger partial charge in [-0.1, -0.05) is 41.6 Å². The van der Waals surface area contributed by atoms with Gasteiger partial charge in [-0.2, -0.15) is 0 Å². The molecule has 0 radical (unpaired) electrons. The first kappa shape index (κ1) is 14.7. The standard InChI is InChI=1S/C16H13FO2/c17-15-10-9-11-16(14-15)19-13-8-6-4-2-1-3-5-7-12-18/h9-11,14,18H,3-4,12-13H2. The molecule has 1 rings (SSSR count). The fourth-order valence-electron chi connectivity index (χ4n) is 1.12. The van der Waals surface area contributed by atoms with Gasteiger partial charge in [-0.05, 0) is 12.1 Å². The molecule has 1 aromatic rings. The van der Waals surface area contributed by atoms with Crippen LogP contribution in [0.4, 0.5) is 4.39 Å². The highest BCUT2D eigenvalue weighted by atomic mass is 19.1. The van der Waals surface area contributed by atoms with Crippen molar-refractivity contribution in [1.29, 1.82) is 0 Å². The SMILES string of the molecule is OCC#CCC#CCC#CCOc1cccc(F)c1. The van der Waals surface area contributed by atoms with Crippen LogP contribution in [0.15, 0.2) is 24.3 Å². The summed E-state index contributed by atoms with van der Waals surface area (Å²) >= 11 is 0. The van der Waals surface area contributed by atoms with Crippen molar-refractivity contribution < 1.29 is 14.2 Å². The Morgan fingerprint density at radius 3 is 2.37 bits per heavy atom. The number of aliphatic hydroxyl groups excluding tert-OH is 1. The molecule has 1 N–H and O–H groups in total.